The highest BCUT2D eigenvalue weighted by molar-refractivity contribution is 5.90. The van der Waals surface area contributed by atoms with Crippen molar-refractivity contribution in [2.75, 3.05) is 25.1 Å². The number of ether oxygens (including phenoxy) is 1. The summed E-state index contributed by atoms with van der Waals surface area (Å²) < 4.78 is 5.30. The molecule has 0 saturated heterocycles. The van der Waals surface area contributed by atoms with Crippen LogP contribution in [0.1, 0.15) is 19.4 Å². The lowest BCUT2D eigenvalue weighted by Crippen LogP contribution is -2.21. The lowest BCUT2D eigenvalue weighted by Gasteiger charge is -2.20. The lowest BCUT2D eigenvalue weighted by atomic mass is 10.2. The molecule has 5 nitrogen and oxygen atoms in total. The van der Waals surface area contributed by atoms with Gasteiger partial charge in [-0.05, 0) is 55.8 Å². The van der Waals surface area contributed by atoms with E-state index in [0.29, 0.717) is 6.54 Å². The molecular formula is C21H24N4O. The molecule has 0 spiro atoms. The first-order valence-electron chi connectivity index (χ1n) is 8.89. The van der Waals surface area contributed by atoms with Gasteiger partial charge in [-0.15, -0.1) is 0 Å². The average Bonchev–Trinajstić information content (AvgIpc) is 2.70. The van der Waals surface area contributed by atoms with Crippen molar-refractivity contribution >= 4 is 22.3 Å². The maximum atomic E-state index is 5.30. The highest BCUT2D eigenvalue weighted by Crippen LogP contribution is 2.28. The summed E-state index contributed by atoms with van der Waals surface area (Å²) in [7, 11) is 1.65. The van der Waals surface area contributed by atoms with Gasteiger partial charge in [0.1, 0.15) is 5.75 Å². The van der Waals surface area contributed by atoms with Crippen molar-refractivity contribution in [3.05, 3.63) is 60.3 Å². The Bertz CT molecular complexity index is 886. The predicted octanol–water partition coefficient (Wildman–Crippen LogP) is 5.37. The van der Waals surface area contributed by atoms with Crippen LogP contribution < -0.4 is 9.64 Å². The molecule has 0 fully saturated rings. The summed E-state index contributed by atoms with van der Waals surface area (Å²) in [5.41, 5.74) is 4.06. The Morgan fingerprint density at radius 2 is 1.77 bits per heavy atom. The minimum Gasteiger partial charge on any atom is -0.497 e. The number of azo groups is 1. The molecule has 2 aromatic carbocycles. The van der Waals surface area contributed by atoms with E-state index in [1.165, 1.54) is 5.69 Å². The van der Waals surface area contributed by atoms with E-state index in [1.54, 1.807) is 13.3 Å². The number of aromatic nitrogens is 1. The quantitative estimate of drug-likeness (QED) is 0.539. The Labute approximate surface area is 154 Å². The second kappa shape index (κ2) is 8.43. The zero-order valence-electron chi connectivity index (χ0n) is 15.5. The van der Waals surface area contributed by atoms with E-state index in [1.807, 2.05) is 24.3 Å². The van der Waals surface area contributed by atoms with Crippen molar-refractivity contribution in [3.8, 4) is 5.75 Å². The van der Waals surface area contributed by atoms with Crippen LogP contribution in [0.3, 0.4) is 0 Å². The number of hydrogen-bond donors (Lipinski definition) is 0. The number of fused-ring (bicyclic) bond motifs is 1. The fraction of sp³-hybridized carbons (Fsp3) is 0.286. The Morgan fingerprint density at radius 1 is 1.00 bits per heavy atom. The van der Waals surface area contributed by atoms with Gasteiger partial charge < -0.3 is 9.64 Å². The normalized spacial score (nSPS) is 11.2. The van der Waals surface area contributed by atoms with Crippen LogP contribution in [0.25, 0.3) is 10.9 Å². The zero-order valence-corrected chi connectivity index (χ0v) is 15.5. The van der Waals surface area contributed by atoms with Crippen LogP contribution in [0.2, 0.25) is 0 Å². The van der Waals surface area contributed by atoms with Crippen LogP contribution in [0.5, 0.6) is 5.75 Å². The van der Waals surface area contributed by atoms with Gasteiger partial charge in [-0.1, -0.05) is 12.1 Å². The molecule has 26 heavy (non-hydrogen) atoms. The predicted molar refractivity (Wildman–Crippen MR) is 107 cm³/mol. The molecule has 0 amide bonds. The third-order valence-electron chi connectivity index (χ3n) is 4.42. The first-order valence-corrected chi connectivity index (χ1v) is 8.89. The molecule has 5 heteroatoms. The van der Waals surface area contributed by atoms with Gasteiger partial charge in [0.2, 0.25) is 0 Å². The molecule has 0 bridgehead atoms. The van der Waals surface area contributed by atoms with Crippen molar-refractivity contribution in [1.29, 1.82) is 0 Å². The van der Waals surface area contributed by atoms with Crippen molar-refractivity contribution in [2.24, 2.45) is 10.2 Å². The standard InChI is InChI=1S/C21H24N4O/c1-4-25(5-2)17-8-6-16(7-9-17)15-23-24-21-12-13-22-20-11-10-18(26-3)14-19(20)21/h6-14H,4-5,15H2,1-3H3. The molecule has 1 heterocycles. The van der Waals surface area contributed by atoms with Gasteiger partial charge in [0, 0.05) is 30.4 Å². The van der Waals surface area contributed by atoms with Gasteiger partial charge in [-0.3, -0.25) is 4.98 Å². The molecule has 0 atom stereocenters. The number of hydrogen-bond acceptors (Lipinski definition) is 5. The van der Waals surface area contributed by atoms with E-state index in [4.69, 9.17) is 4.74 Å². The van der Waals surface area contributed by atoms with E-state index in [9.17, 15) is 0 Å². The van der Waals surface area contributed by atoms with E-state index >= 15 is 0 Å². The van der Waals surface area contributed by atoms with Crippen LogP contribution in [0.15, 0.2) is 65.0 Å². The molecule has 0 unspecified atom stereocenters. The molecule has 134 valence electrons. The van der Waals surface area contributed by atoms with Crippen molar-refractivity contribution in [2.45, 2.75) is 20.4 Å². The van der Waals surface area contributed by atoms with Gasteiger partial charge in [-0.25, -0.2) is 0 Å². The number of rotatable bonds is 7. The molecule has 1 aromatic heterocycles. The third-order valence-corrected chi connectivity index (χ3v) is 4.42. The maximum absolute atomic E-state index is 5.30. The fourth-order valence-corrected chi connectivity index (χ4v) is 2.92. The number of anilines is 1. The third kappa shape index (κ3) is 3.99. The van der Waals surface area contributed by atoms with Gasteiger partial charge in [0.15, 0.2) is 0 Å². The second-order valence-electron chi connectivity index (χ2n) is 5.95. The molecule has 0 saturated carbocycles. The van der Waals surface area contributed by atoms with Gasteiger partial charge in [0.25, 0.3) is 0 Å². The summed E-state index contributed by atoms with van der Waals surface area (Å²) in [5.74, 6) is 0.786. The number of benzene rings is 2. The Hall–Kier alpha value is -2.95. The summed E-state index contributed by atoms with van der Waals surface area (Å²) in [5, 5.41) is 9.73. The molecule has 0 N–H and O–H groups in total. The Balaban J connectivity index is 1.75. The zero-order chi connectivity index (χ0) is 18.4. The molecular weight excluding hydrogens is 324 g/mol. The average molecular weight is 348 g/mol. The smallest absolute Gasteiger partial charge is 0.119 e. The Kier molecular flexibility index (Phi) is 5.79. The molecule has 0 aliphatic heterocycles. The lowest BCUT2D eigenvalue weighted by molar-refractivity contribution is 0.415. The largest absolute Gasteiger partial charge is 0.497 e. The monoisotopic (exact) mass is 348 g/mol. The summed E-state index contributed by atoms with van der Waals surface area (Å²) in [6.45, 7) is 6.90. The SMILES string of the molecule is CCN(CC)c1ccc(CN=Nc2ccnc3ccc(OC)cc23)cc1. The second-order valence-corrected chi connectivity index (χ2v) is 5.95. The number of methoxy groups -OCH3 is 1. The van der Waals surface area contributed by atoms with Crippen molar-refractivity contribution in [1.82, 2.24) is 4.98 Å². The topological polar surface area (TPSA) is 50.1 Å². The molecule has 3 aromatic rings. The van der Waals surface area contributed by atoms with Crippen LogP contribution in [-0.2, 0) is 6.54 Å². The molecule has 3 rings (SSSR count). The van der Waals surface area contributed by atoms with Crippen LogP contribution in [0.4, 0.5) is 11.4 Å². The van der Waals surface area contributed by atoms with Gasteiger partial charge in [0.05, 0.1) is 24.9 Å². The van der Waals surface area contributed by atoms with Gasteiger partial charge in [-0.2, -0.15) is 10.2 Å². The van der Waals surface area contributed by atoms with Crippen molar-refractivity contribution < 1.29 is 4.74 Å². The van der Waals surface area contributed by atoms with Crippen LogP contribution >= 0.6 is 0 Å². The minimum atomic E-state index is 0.548. The summed E-state index contributed by atoms with van der Waals surface area (Å²) in [4.78, 5) is 6.69. The first-order chi connectivity index (χ1) is 12.7. The number of nitrogens with zero attached hydrogens (tertiary/aromatic N) is 4. The Morgan fingerprint density at radius 3 is 2.46 bits per heavy atom. The van der Waals surface area contributed by atoms with Crippen LogP contribution in [0, 0.1) is 0 Å². The van der Waals surface area contributed by atoms with Gasteiger partial charge >= 0.3 is 0 Å². The van der Waals surface area contributed by atoms with E-state index in [-0.39, 0.29) is 0 Å². The summed E-state index contributed by atoms with van der Waals surface area (Å²) >= 11 is 0. The van der Waals surface area contributed by atoms with Crippen molar-refractivity contribution in [3.63, 3.8) is 0 Å². The molecule has 0 radical (unpaired) electrons. The molecule has 0 aliphatic rings. The molecule has 0 aliphatic carbocycles. The highest BCUT2D eigenvalue weighted by atomic mass is 16.5. The fourth-order valence-electron chi connectivity index (χ4n) is 2.92. The minimum absolute atomic E-state index is 0.548. The number of pyridine rings is 1. The maximum Gasteiger partial charge on any atom is 0.119 e. The van der Waals surface area contributed by atoms with Crippen LogP contribution in [-0.4, -0.2) is 25.2 Å². The van der Waals surface area contributed by atoms with E-state index < -0.39 is 0 Å². The summed E-state index contributed by atoms with van der Waals surface area (Å²) in [6.07, 6.45) is 1.75. The first kappa shape index (κ1) is 17.9. The van der Waals surface area contributed by atoms with E-state index in [0.717, 1.165) is 41.0 Å². The highest BCUT2D eigenvalue weighted by Gasteiger charge is 2.04. The summed E-state index contributed by atoms with van der Waals surface area (Å²) in [6, 6.07) is 16.1. The van der Waals surface area contributed by atoms with E-state index in [2.05, 4.69) is 58.2 Å².